The number of morpholine rings is 4. The Morgan fingerprint density at radius 3 is 1.25 bits per heavy atom. The van der Waals surface area contributed by atoms with E-state index >= 15 is 0 Å². The average Bonchev–Trinajstić information content (AvgIpc) is 3.29. The quantitative estimate of drug-likeness (QED) is 0.210. The van der Waals surface area contributed by atoms with Crippen LogP contribution < -0.4 is 19.6 Å². The Kier molecular flexibility index (Phi) is 12.1. The Labute approximate surface area is 356 Å². The van der Waals surface area contributed by atoms with Crippen molar-refractivity contribution in [3.05, 3.63) is 78.9 Å². The lowest BCUT2D eigenvalue weighted by Gasteiger charge is -2.37. The molecule has 15 heteroatoms. The first kappa shape index (κ1) is 40.7. The van der Waals surface area contributed by atoms with E-state index in [4.69, 9.17) is 48.9 Å². The zero-order valence-electron chi connectivity index (χ0n) is 35.4. The highest BCUT2D eigenvalue weighted by Gasteiger charge is 2.29. The van der Waals surface area contributed by atoms with E-state index in [2.05, 4.69) is 77.6 Å². The van der Waals surface area contributed by atoms with E-state index in [1.165, 1.54) is 0 Å². The van der Waals surface area contributed by atoms with E-state index < -0.39 is 0 Å². The molecule has 6 aromatic rings. The van der Waals surface area contributed by atoms with Crippen LogP contribution in [0.15, 0.2) is 78.9 Å². The average molecular weight is 827 g/mol. The summed E-state index contributed by atoms with van der Waals surface area (Å²) < 4.78 is 22.5. The molecule has 0 saturated carbocycles. The normalized spacial score (nSPS) is 22.3. The predicted octanol–water partition coefficient (Wildman–Crippen LogP) is 5.99. The van der Waals surface area contributed by atoms with Crippen LogP contribution in [0.1, 0.15) is 27.7 Å². The molecule has 1 N–H and O–H groups in total. The Balaban J connectivity index is 0.000000156. The molecule has 0 unspecified atom stereocenters. The fraction of sp³-hybridized carbons (Fsp3) is 0.435. The molecular formula is C46H54N10O5. The van der Waals surface area contributed by atoms with Gasteiger partial charge in [0.05, 0.1) is 99.2 Å². The summed E-state index contributed by atoms with van der Waals surface area (Å²) in [5.74, 6) is 3.49. The fourth-order valence-corrected chi connectivity index (χ4v) is 8.36. The molecular weight excluding hydrogens is 773 g/mol. The van der Waals surface area contributed by atoms with Gasteiger partial charge >= 0.3 is 0 Å². The van der Waals surface area contributed by atoms with Crippen molar-refractivity contribution in [2.24, 2.45) is 0 Å². The Bertz CT molecular complexity index is 2440. The lowest BCUT2D eigenvalue weighted by atomic mass is 10.1. The predicted molar refractivity (Wildman–Crippen MR) is 238 cm³/mol. The number of anilines is 4. The number of ether oxygens (including phenoxy) is 4. The van der Waals surface area contributed by atoms with Crippen LogP contribution in [0.3, 0.4) is 0 Å². The van der Waals surface area contributed by atoms with Crippen molar-refractivity contribution in [3.63, 3.8) is 0 Å². The van der Waals surface area contributed by atoms with Gasteiger partial charge < -0.3 is 43.7 Å². The largest absolute Gasteiger partial charge is 0.508 e. The van der Waals surface area contributed by atoms with Crippen molar-refractivity contribution < 1.29 is 24.1 Å². The fourth-order valence-electron chi connectivity index (χ4n) is 8.36. The van der Waals surface area contributed by atoms with Gasteiger partial charge in [0.25, 0.3) is 0 Å². The van der Waals surface area contributed by atoms with Crippen molar-refractivity contribution in [1.82, 2.24) is 29.9 Å². The summed E-state index contributed by atoms with van der Waals surface area (Å²) in [7, 11) is 0. The number of phenols is 1. The van der Waals surface area contributed by atoms with Crippen LogP contribution in [0.2, 0.25) is 0 Å². The molecule has 10 rings (SSSR count). The van der Waals surface area contributed by atoms with Gasteiger partial charge in [0.1, 0.15) is 17.4 Å². The molecule has 0 aliphatic carbocycles. The molecule has 61 heavy (non-hydrogen) atoms. The molecule has 4 aromatic heterocycles. The van der Waals surface area contributed by atoms with Crippen molar-refractivity contribution in [2.75, 3.05) is 98.6 Å². The van der Waals surface area contributed by atoms with Gasteiger partial charge in [-0.15, -0.1) is 0 Å². The molecule has 4 aliphatic rings. The molecule has 0 radical (unpaired) electrons. The molecule has 0 spiro atoms. The van der Waals surface area contributed by atoms with E-state index in [1.807, 2.05) is 36.4 Å². The van der Waals surface area contributed by atoms with Crippen molar-refractivity contribution in [3.8, 4) is 28.3 Å². The summed E-state index contributed by atoms with van der Waals surface area (Å²) in [5.41, 5.74) is 5.15. The van der Waals surface area contributed by atoms with Gasteiger partial charge in [-0.3, -0.25) is 0 Å². The second kappa shape index (κ2) is 18.1. The summed E-state index contributed by atoms with van der Waals surface area (Å²) in [6.07, 6.45) is 0. The molecule has 318 valence electrons. The third kappa shape index (κ3) is 8.73. The Morgan fingerprint density at radius 1 is 0.443 bits per heavy atom. The van der Waals surface area contributed by atoms with Crippen LogP contribution in [-0.4, -0.2) is 138 Å². The highest BCUT2D eigenvalue weighted by molar-refractivity contribution is 5.91. The molecule has 2 aromatic carbocycles. The van der Waals surface area contributed by atoms with Crippen LogP contribution in [-0.2, 0) is 18.9 Å². The van der Waals surface area contributed by atoms with Gasteiger partial charge in [0, 0.05) is 37.3 Å². The van der Waals surface area contributed by atoms with Gasteiger partial charge in [-0.2, -0.15) is 19.9 Å². The van der Waals surface area contributed by atoms with Gasteiger partial charge in [0.2, 0.25) is 11.9 Å². The Hall–Kier alpha value is -5.74. The van der Waals surface area contributed by atoms with Gasteiger partial charge in [-0.05, 0) is 76.2 Å². The molecule has 8 heterocycles. The summed E-state index contributed by atoms with van der Waals surface area (Å²) in [6, 6.07) is 26.4. The van der Waals surface area contributed by atoms with E-state index in [9.17, 15) is 5.11 Å². The minimum Gasteiger partial charge on any atom is -0.508 e. The maximum Gasteiger partial charge on any atom is 0.229 e. The lowest BCUT2D eigenvalue weighted by Crippen LogP contribution is -2.46. The molecule has 4 fully saturated rings. The molecule has 0 amide bonds. The Morgan fingerprint density at radius 2 is 0.836 bits per heavy atom. The first-order valence-corrected chi connectivity index (χ1v) is 21.4. The smallest absolute Gasteiger partial charge is 0.229 e. The minimum atomic E-state index is 0.196. The first-order valence-electron chi connectivity index (χ1n) is 21.4. The third-order valence-electron chi connectivity index (χ3n) is 11.8. The van der Waals surface area contributed by atoms with E-state index in [1.54, 1.807) is 12.1 Å². The third-order valence-corrected chi connectivity index (χ3v) is 11.8. The second-order valence-corrected chi connectivity index (χ2v) is 16.2. The van der Waals surface area contributed by atoms with Crippen molar-refractivity contribution >= 4 is 45.6 Å². The van der Waals surface area contributed by atoms with Gasteiger partial charge in [-0.25, -0.2) is 9.97 Å². The molecule has 4 atom stereocenters. The number of rotatable bonds is 6. The van der Waals surface area contributed by atoms with Crippen LogP contribution in [0.5, 0.6) is 5.75 Å². The number of hydrogen-bond acceptors (Lipinski definition) is 15. The number of aromatic nitrogens is 6. The number of nitrogens with zero attached hydrogens (tertiary/aromatic N) is 10. The van der Waals surface area contributed by atoms with E-state index in [-0.39, 0.29) is 29.9 Å². The topological polar surface area (TPSA) is 147 Å². The zero-order valence-corrected chi connectivity index (χ0v) is 35.4. The number of fused-ring (bicyclic) bond motifs is 2. The van der Waals surface area contributed by atoms with Gasteiger partial charge in [0.15, 0.2) is 11.3 Å². The van der Waals surface area contributed by atoms with Gasteiger partial charge in [-0.1, -0.05) is 30.3 Å². The number of aromatic hydroxyl groups is 1. The van der Waals surface area contributed by atoms with E-state index in [0.717, 1.165) is 82.7 Å². The van der Waals surface area contributed by atoms with Crippen LogP contribution in [0, 0.1) is 0 Å². The lowest BCUT2D eigenvalue weighted by molar-refractivity contribution is 0.0972. The number of pyridine rings is 2. The summed E-state index contributed by atoms with van der Waals surface area (Å²) >= 11 is 0. The second-order valence-electron chi connectivity index (χ2n) is 16.2. The van der Waals surface area contributed by atoms with E-state index in [0.29, 0.717) is 64.5 Å². The minimum absolute atomic E-state index is 0.196. The van der Waals surface area contributed by atoms with Crippen LogP contribution >= 0.6 is 0 Å². The standard InChI is InChI=1S/C23H27N5O3.C23H27N5O2/c1-15-13-30-11-9-27(15)22-19-7-8-20(17-3-5-18(29)6-4-17)24-21(19)25-23(26-22)28-10-12-31-14-16(28)2;1-16-14-29-12-10-27(16)22-19-8-9-20(18-6-4-3-5-7-18)24-21(19)25-23(26-22)28-11-13-30-15-17(28)2/h3-8,15-16,29H,9-14H2,1-2H3;3-9,16-17H,10-15H2,1-2H3/t15-,16-;16-,17-/m00/s1. The summed E-state index contributed by atoms with van der Waals surface area (Å²) in [5, 5.41) is 11.5. The number of phenolic OH excluding ortho intramolecular Hbond substituents is 1. The summed E-state index contributed by atoms with van der Waals surface area (Å²) in [6.45, 7) is 17.2. The monoisotopic (exact) mass is 826 g/mol. The van der Waals surface area contributed by atoms with Crippen LogP contribution in [0.25, 0.3) is 44.6 Å². The summed E-state index contributed by atoms with van der Waals surface area (Å²) in [4.78, 5) is 38.7. The van der Waals surface area contributed by atoms with Crippen molar-refractivity contribution in [1.29, 1.82) is 0 Å². The molecule has 0 bridgehead atoms. The highest BCUT2D eigenvalue weighted by atomic mass is 16.5. The molecule has 15 nitrogen and oxygen atoms in total. The number of benzene rings is 2. The van der Waals surface area contributed by atoms with Crippen molar-refractivity contribution in [2.45, 2.75) is 51.9 Å². The highest BCUT2D eigenvalue weighted by Crippen LogP contribution is 2.33. The molecule has 4 aliphatic heterocycles. The maximum atomic E-state index is 9.61. The SMILES string of the molecule is C[C@H]1COCCN1c1nc(N2CCOC[C@@H]2C)c2ccc(-c3ccc(O)cc3)nc2n1.C[C@H]1COCCN1c1nc(N2CCOC[C@@H]2C)c2ccc(-c3ccccc3)nc2n1. The molecule has 4 saturated heterocycles. The van der Waals surface area contributed by atoms with Crippen LogP contribution in [0.4, 0.5) is 23.5 Å². The first-order chi connectivity index (χ1) is 29.8. The maximum absolute atomic E-state index is 9.61. The number of hydrogen-bond donors (Lipinski definition) is 1. The zero-order chi connectivity index (χ0) is 41.9.